The van der Waals surface area contributed by atoms with Crippen molar-refractivity contribution in [2.75, 3.05) is 24.3 Å². The molecule has 0 aromatic heterocycles. The maximum Gasteiger partial charge on any atom is 0.167 e. The molecule has 1 aliphatic heterocycles. The fourth-order valence-corrected chi connectivity index (χ4v) is 1.68. The van der Waals surface area contributed by atoms with Gasteiger partial charge in [0.2, 0.25) is 0 Å². The van der Waals surface area contributed by atoms with Crippen LogP contribution in [0.4, 0.5) is 15.8 Å². The van der Waals surface area contributed by atoms with Crippen LogP contribution in [0.5, 0.6) is 5.75 Å². The lowest BCUT2D eigenvalue weighted by atomic mass is 10.0. The molecule has 0 fully saturated rings. The van der Waals surface area contributed by atoms with Gasteiger partial charge in [0.1, 0.15) is 0 Å². The number of benzene rings is 1. The minimum Gasteiger partial charge on any atom is -0.494 e. The number of rotatable bonds is 1. The summed E-state index contributed by atoms with van der Waals surface area (Å²) < 4.78 is 18.3. The van der Waals surface area contributed by atoms with Crippen molar-refractivity contribution >= 4 is 11.4 Å². The summed E-state index contributed by atoms with van der Waals surface area (Å²) in [4.78, 5) is 0. The number of fused-ring (bicyclic) bond motifs is 1. The van der Waals surface area contributed by atoms with Crippen molar-refractivity contribution in [1.29, 1.82) is 0 Å². The molecule has 0 radical (unpaired) electrons. The topological polar surface area (TPSA) is 33.3 Å². The highest BCUT2D eigenvalue weighted by molar-refractivity contribution is 5.74. The van der Waals surface area contributed by atoms with E-state index in [1.807, 2.05) is 0 Å². The normalized spacial score (nSPS) is 17.3. The van der Waals surface area contributed by atoms with Crippen LogP contribution >= 0.6 is 0 Å². The predicted octanol–water partition coefficient (Wildman–Crippen LogP) is 2.45. The van der Waals surface area contributed by atoms with E-state index in [2.05, 4.69) is 24.5 Å². The molecule has 0 aliphatic carbocycles. The number of halogens is 1. The Labute approximate surface area is 88.6 Å². The molecular formula is C11H15FN2O. The Bertz CT molecular complexity index is 390. The van der Waals surface area contributed by atoms with Gasteiger partial charge in [0.25, 0.3) is 0 Å². The van der Waals surface area contributed by atoms with Crippen LogP contribution < -0.4 is 15.4 Å². The quantitative estimate of drug-likeness (QED) is 0.747. The minimum absolute atomic E-state index is 0.0319. The SMILES string of the molecule is COc1cc2c(cc1F)NCC(C)(C)N2. The molecule has 2 N–H and O–H groups in total. The number of anilines is 2. The van der Waals surface area contributed by atoms with Gasteiger partial charge in [-0.15, -0.1) is 0 Å². The van der Waals surface area contributed by atoms with Gasteiger partial charge in [-0.1, -0.05) is 0 Å². The Morgan fingerprint density at radius 2 is 2.07 bits per heavy atom. The molecule has 0 atom stereocenters. The van der Waals surface area contributed by atoms with E-state index in [0.717, 1.165) is 17.9 Å². The van der Waals surface area contributed by atoms with Crippen molar-refractivity contribution in [3.05, 3.63) is 17.9 Å². The number of hydrogen-bond donors (Lipinski definition) is 2. The van der Waals surface area contributed by atoms with E-state index in [0.29, 0.717) is 0 Å². The van der Waals surface area contributed by atoms with Gasteiger partial charge in [0.05, 0.1) is 18.5 Å². The highest BCUT2D eigenvalue weighted by atomic mass is 19.1. The fourth-order valence-electron chi connectivity index (χ4n) is 1.68. The van der Waals surface area contributed by atoms with Crippen molar-refractivity contribution in [3.63, 3.8) is 0 Å². The van der Waals surface area contributed by atoms with Crippen LogP contribution in [-0.2, 0) is 0 Å². The second-order valence-electron chi connectivity index (χ2n) is 4.39. The first-order valence-electron chi connectivity index (χ1n) is 4.91. The summed E-state index contributed by atoms with van der Waals surface area (Å²) in [6.45, 7) is 4.93. The summed E-state index contributed by atoms with van der Waals surface area (Å²) in [7, 11) is 1.46. The Balaban J connectivity index is 2.42. The smallest absolute Gasteiger partial charge is 0.167 e. The summed E-state index contributed by atoms with van der Waals surface area (Å²) in [5, 5.41) is 6.52. The molecule has 1 aromatic rings. The third-order valence-corrected chi connectivity index (χ3v) is 2.49. The largest absolute Gasteiger partial charge is 0.494 e. The number of nitrogens with one attached hydrogen (secondary N) is 2. The summed E-state index contributed by atoms with van der Waals surface area (Å²) in [5.74, 6) is -0.0778. The molecule has 3 nitrogen and oxygen atoms in total. The van der Waals surface area contributed by atoms with Crippen LogP contribution in [0.15, 0.2) is 12.1 Å². The predicted molar refractivity (Wildman–Crippen MR) is 59.1 cm³/mol. The van der Waals surface area contributed by atoms with Crippen LogP contribution in [0.25, 0.3) is 0 Å². The van der Waals surface area contributed by atoms with E-state index in [4.69, 9.17) is 4.74 Å². The van der Waals surface area contributed by atoms with Gasteiger partial charge in [-0.05, 0) is 13.8 Å². The van der Waals surface area contributed by atoms with Gasteiger partial charge in [-0.2, -0.15) is 0 Å². The molecule has 15 heavy (non-hydrogen) atoms. The van der Waals surface area contributed by atoms with E-state index < -0.39 is 0 Å². The molecule has 0 saturated heterocycles. The molecule has 2 rings (SSSR count). The Morgan fingerprint density at radius 1 is 1.33 bits per heavy atom. The first-order valence-corrected chi connectivity index (χ1v) is 4.91. The van der Waals surface area contributed by atoms with Gasteiger partial charge in [0.15, 0.2) is 11.6 Å². The van der Waals surface area contributed by atoms with Crippen molar-refractivity contribution < 1.29 is 9.13 Å². The third-order valence-electron chi connectivity index (χ3n) is 2.49. The Kier molecular flexibility index (Phi) is 2.21. The standard InChI is InChI=1S/C11H15FN2O/c1-11(2)6-13-8-4-7(12)10(15-3)5-9(8)14-11/h4-5,13-14H,6H2,1-3H3. The average Bonchev–Trinajstić information content (AvgIpc) is 2.17. The van der Waals surface area contributed by atoms with Gasteiger partial charge in [-0.3, -0.25) is 0 Å². The van der Waals surface area contributed by atoms with E-state index >= 15 is 0 Å². The van der Waals surface area contributed by atoms with Gasteiger partial charge < -0.3 is 15.4 Å². The van der Waals surface area contributed by atoms with Gasteiger partial charge >= 0.3 is 0 Å². The minimum atomic E-state index is -0.342. The van der Waals surface area contributed by atoms with E-state index in [9.17, 15) is 4.39 Å². The monoisotopic (exact) mass is 210 g/mol. The molecule has 0 saturated carbocycles. The molecule has 0 bridgehead atoms. The summed E-state index contributed by atoms with van der Waals surface area (Å²) in [6.07, 6.45) is 0. The summed E-state index contributed by atoms with van der Waals surface area (Å²) in [6, 6.07) is 3.13. The van der Waals surface area contributed by atoms with Crippen molar-refractivity contribution in [2.45, 2.75) is 19.4 Å². The van der Waals surface area contributed by atoms with Crippen LogP contribution in [-0.4, -0.2) is 19.2 Å². The van der Waals surface area contributed by atoms with Crippen molar-refractivity contribution in [3.8, 4) is 5.75 Å². The lowest BCUT2D eigenvalue weighted by Gasteiger charge is -2.34. The van der Waals surface area contributed by atoms with E-state index in [1.54, 1.807) is 6.07 Å². The van der Waals surface area contributed by atoms with Crippen LogP contribution in [0.2, 0.25) is 0 Å². The highest BCUT2D eigenvalue weighted by Gasteiger charge is 2.25. The average molecular weight is 210 g/mol. The number of hydrogen-bond acceptors (Lipinski definition) is 3. The molecule has 0 spiro atoms. The van der Waals surface area contributed by atoms with Crippen LogP contribution in [0.3, 0.4) is 0 Å². The Hall–Kier alpha value is -1.45. The van der Waals surface area contributed by atoms with Gasteiger partial charge in [-0.25, -0.2) is 4.39 Å². The first kappa shape index (κ1) is 10.1. The molecular weight excluding hydrogens is 195 g/mol. The summed E-state index contributed by atoms with van der Waals surface area (Å²) >= 11 is 0. The molecule has 0 amide bonds. The number of ether oxygens (including phenoxy) is 1. The third kappa shape index (κ3) is 1.84. The lowest BCUT2D eigenvalue weighted by Crippen LogP contribution is -2.42. The van der Waals surface area contributed by atoms with Crippen LogP contribution in [0.1, 0.15) is 13.8 Å². The highest BCUT2D eigenvalue weighted by Crippen LogP contribution is 2.34. The van der Waals surface area contributed by atoms with Crippen molar-refractivity contribution in [2.24, 2.45) is 0 Å². The zero-order valence-electron chi connectivity index (χ0n) is 9.15. The zero-order valence-corrected chi connectivity index (χ0v) is 9.15. The number of methoxy groups -OCH3 is 1. The molecule has 4 heteroatoms. The molecule has 1 aliphatic rings. The van der Waals surface area contributed by atoms with Crippen LogP contribution in [0, 0.1) is 5.82 Å². The maximum atomic E-state index is 13.4. The molecule has 82 valence electrons. The maximum absolute atomic E-state index is 13.4. The molecule has 1 heterocycles. The second-order valence-corrected chi connectivity index (χ2v) is 4.39. The first-order chi connectivity index (χ1) is 7.02. The van der Waals surface area contributed by atoms with Gasteiger partial charge in [0, 0.05) is 24.2 Å². The van der Waals surface area contributed by atoms with E-state index in [1.165, 1.54) is 13.2 Å². The molecule has 0 unspecified atom stereocenters. The van der Waals surface area contributed by atoms with E-state index in [-0.39, 0.29) is 17.1 Å². The Morgan fingerprint density at radius 3 is 2.73 bits per heavy atom. The fraction of sp³-hybridized carbons (Fsp3) is 0.455. The second kappa shape index (κ2) is 3.29. The zero-order chi connectivity index (χ0) is 11.1. The molecule has 1 aromatic carbocycles. The van der Waals surface area contributed by atoms with Crippen molar-refractivity contribution in [1.82, 2.24) is 0 Å². The lowest BCUT2D eigenvalue weighted by molar-refractivity contribution is 0.386. The summed E-state index contributed by atoms with van der Waals surface area (Å²) in [5.41, 5.74) is 1.63.